The molecule has 1 aliphatic heterocycles. The van der Waals surface area contributed by atoms with Gasteiger partial charge in [-0.1, -0.05) is 6.92 Å². The molecule has 1 aromatic carbocycles. The molecule has 1 aromatic heterocycles. The molecule has 2 aromatic rings. The van der Waals surface area contributed by atoms with E-state index in [2.05, 4.69) is 17.2 Å². The van der Waals surface area contributed by atoms with Crippen molar-refractivity contribution in [2.75, 3.05) is 11.9 Å². The van der Waals surface area contributed by atoms with Gasteiger partial charge >= 0.3 is 0 Å². The molecule has 1 fully saturated rings. The molecule has 5 heteroatoms. The van der Waals surface area contributed by atoms with Crippen molar-refractivity contribution in [3.8, 4) is 5.75 Å². The minimum absolute atomic E-state index is 0.0447. The van der Waals surface area contributed by atoms with Gasteiger partial charge in [-0.05, 0) is 75.9 Å². The Morgan fingerprint density at radius 3 is 2.56 bits per heavy atom. The van der Waals surface area contributed by atoms with Crippen LogP contribution in [0, 0.1) is 0 Å². The number of benzene rings is 1. The van der Waals surface area contributed by atoms with Crippen LogP contribution in [0.3, 0.4) is 0 Å². The second kappa shape index (κ2) is 8.89. The SMILES string of the molecule is CCC1CCCCN1C(=O)c1ccc(Nc2ccc(OC(C)C)cc2)cn1. The second-order valence-corrected chi connectivity index (χ2v) is 7.30. The van der Waals surface area contributed by atoms with Crippen LogP contribution in [0.25, 0.3) is 0 Å². The average molecular weight is 367 g/mol. The highest BCUT2D eigenvalue weighted by Gasteiger charge is 2.26. The van der Waals surface area contributed by atoms with Gasteiger partial charge in [0.05, 0.1) is 18.0 Å². The Hall–Kier alpha value is -2.56. The van der Waals surface area contributed by atoms with Gasteiger partial charge in [0, 0.05) is 18.3 Å². The van der Waals surface area contributed by atoms with Crippen LogP contribution in [0.2, 0.25) is 0 Å². The summed E-state index contributed by atoms with van der Waals surface area (Å²) in [5, 5.41) is 3.31. The second-order valence-electron chi connectivity index (χ2n) is 7.30. The topological polar surface area (TPSA) is 54.5 Å². The van der Waals surface area contributed by atoms with Crippen LogP contribution in [0.15, 0.2) is 42.6 Å². The Kier molecular flexibility index (Phi) is 6.32. The molecule has 27 heavy (non-hydrogen) atoms. The molecule has 1 saturated heterocycles. The predicted octanol–water partition coefficient (Wildman–Crippen LogP) is 5.02. The molecule has 5 nitrogen and oxygen atoms in total. The summed E-state index contributed by atoms with van der Waals surface area (Å²) in [4.78, 5) is 19.2. The van der Waals surface area contributed by atoms with E-state index in [0.717, 1.165) is 42.9 Å². The molecule has 0 aliphatic carbocycles. The van der Waals surface area contributed by atoms with Crippen molar-refractivity contribution in [1.82, 2.24) is 9.88 Å². The summed E-state index contributed by atoms with van der Waals surface area (Å²) in [5.74, 6) is 0.893. The number of hydrogen-bond donors (Lipinski definition) is 1. The average Bonchev–Trinajstić information content (AvgIpc) is 2.69. The van der Waals surface area contributed by atoms with E-state index in [1.807, 2.05) is 55.1 Å². The van der Waals surface area contributed by atoms with Crippen molar-refractivity contribution in [2.24, 2.45) is 0 Å². The smallest absolute Gasteiger partial charge is 0.272 e. The van der Waals surface area contributed by atoms with E-state index >= 15 is 0 Å². The number of anilines is 2. The fraction of sp³-hybridized carbons (Fsp3) is 0.455. The maximum atomic E-state index is 12.8. The Morgan fingerprint density at radius 2 is 1.93 bits per heavy atom. The number of nitrogens with zero attached hydrogens (tertiary/aromatic N) is 2. The molecule has 1 amide bonds. The molecule has 0 saturated carbocycles. The minimum atomic E-state index is 0.0447. The zero-order valence-corrected chi connectivity index (χ0v) is 16.4. The number of ether oxygens (including phenoxy) is 1. The van der Waals surface area contributed by atoms with Crippen LogP contribution in [-0.4, -0.2) is 34.5 Å². The van der Waals surface area contributed by atoms with Crippen LogP contribution in [0.4, 0.5) is 11.4 Å². The van der Waals surface area contributed by atoms with Crippen molar-refractivity contribution in [3.63, 3.8) is 0 Å². The fourth-order valence-electron chi connectivity index (χ4n) is 3.49. The predicted molar refractivity (Wildman–Crippen MR) is 109 cm³/mol. The van der Waals surface area contributed by atoms with Gasteiger partial charge in [-0.25, -0.2) is 4.98 Å². The van der Waals surface area contributed by atoms with E-state index < -0.39 is 0 Å². The Bertz CT molecular complexity index is 741. The number of aromatic nitrogens is 1. The molecular weight excluding hydrogens is 338 g/mol. The third kappa shape index (κ3) is 5.00. The largest absolute Gasteiger partial charge is 0.491 e. The van der Waals surface area contributed by atoms with Gasteiger partial charge in [-0.3, -0.25) is 4.79 Å². The van der Waals surface area contributed by atoms with E-state index in [1.54, 1.807) is 6.20 Å². The van der Waals surface area contributed by atoms with Crippen molar-refractivity contribution in [2.45, 2.75) is 58.6 Å². The molecule has 0 radical (unpaired) electrons. The van der Waals surface area contributed by atoms with Crippen LogP contribution >= 0.6 is 0 Å². The molecule has 2 heterocycles. The lowest BCUT2D eigenvalue weighted by Crippen LogP contribution is -2.43. The molecule has 0 spiro atoms. The van der Waals surface area contributed by atoms with Crippen molar-refractivity contribution in [1.29, 1.82) is 0 Å². The van der Waals surface area contributed by atoms with Crippen LogP contribution < -0.4 is 10.1 Å². The lowest BCUT2D eigenvalue weighted by atomic mass is 9.99. The first kappa shape index (κ1) is 19.2. The standard InChI is InChI=1S/C22H29N3O2/c1-4-19-7-5-6-14-25(19)22(26)21-13-10-18(15-23-21)24-17-8-11-20(12-9-17)27-16(2)3/h8-13,15-16,19,24H,4-7,14H2,1-3H3. The van der Waals surface area contributed by atoms with Crippen LogP contribution in [-0.2, 0) is 0 Å². The van der Waals surface area contributed by atoms with Gasteiger partial charge in [0.15, 0.2) is 0 Å². The first-order valence-corrected chi connectivity index (χ1v) is 9.87. The number of rotatable bonds is 6. The highest BCUT2D eigenvalue weighted by Crippen LogP contribution is 2.23. The first-order valence-electron chi connectivity index (χ1n) is 9.87. The zero-order chi connectivity index (χ0) is 19.2. The van der Waals surface area contributed by atoms with Crippen molar-refractivity contribution < 1.29 is 9.53 Å². The Labute approximate surface area is 161 Å². The molecule has 3 rings (SSSR count). The number of carbonyl (C=O) groups excluding carboxylic acids is 1. The van der Waals surface area contributed by atoms with Crippen molar-refractivity contribution in [3.05, 3.63) is 48.3 Å². The molecule has 1 unspecified atom stereocenters. The Balaban J connectivity index is 1.63. The third-order valence-corrected chi connectivity index (χ3v) is 4.86. The van der Waals surface area contributed by atoms with E-state index in [-0.39, 0.29) is 12.0 Å². The highest BCUT2D eigenvalue weighted by molar-refractivity contribution is 5.92. The number of piperidine rings is 1. The normalized spacial score (nSPS) is 17.0. The summed E-state index contributed by atoms with van der Waals surface area (Å²) in [5.41, 5.74) is 2.32. The molecule has 1 atom stereocenters. The van der Waals surface area contributed by atoms with E-state index in [0.29, 0.717) is 11.7 Å². The number of nitrogens with one attached hydrogen (secondary N) is 1. The van der Waals surface area contributed by atoms with Crippen LogP contribution in [0.1, 0.15) is 56.9 Å². The number of likely N-dealkylation sites (tertiary alicyclic amines) is 1. The van der Waals surface area contributed by atoms with E-state index in [9.17, 15) is 4.79 Å². The first-order chi connectivity index (χ1) is 13.1. The Morgan fingerprint density at radius 1 is 1.19 bits per heavy atom. The summed E-state index contributed by atoms with van der Waals surface area (Å²) < 4.78 is 5.65. The monoisotopic (exact) mass is 367 g/mol. The van der Waals surface area contributed by atoms with Gasteiger partial charge < -0.3 is 15.0 Å². The molecular formula is C22H29N3O2. The number of amides is 1. The number of hydrogen-bond acceptors (Lipinski definition) is 4. The summed E-state index contributed by atoms with van der Waals surface area (Å²) >= 11 is 0. The van der Waals surface area contributed by atoms with Gasteiger partial charge in [0.2, 0.25) is 0 Å². The third-order valence-electron chi connectivity index (χ3n) is 4.86. The molecule has 144 valence electrons. The molecule has 0 bridgehead atoms. The summed E-state index contributed by atoms with van der Waals surface area (Å²) in [6, 6.07) is 11.9. The van der Waals surface area contributed by atoms with Crippen LogP contribution in [0.5, 0.6) is 5.75 Å². The minimum Gasteiger partial charge on any atom is -0.491 e. The zero-order valence-electron chi connectivity index (χ0n) is 16.4. The summed E-state index contributed by atoms with van der Waals surface area (Å²) in [6.07, 6.45) is 6.26. The van der Waals surface area contributed by atoms with Gasteiger partial charge in [-0.15, -0.1) is 0 Å². The quantitative estimate of drug-likeness (QED) is 0.779. The maximum Gasteiger partial charge on any atom is 0.272 e. The summed E-state index contributed by atoms with van der Waals surface area (Å²) in [6.45, 7) is 7.00. The fourth-order valence-corrected chi connectivity index (χ4v) is 3.49. The maximum absolute atomic E-state index is 12.8. The number of carbonyl (C=O) groups is 1. The van der Waals surface area contributed by atoms with Crippen molar-refractivity contribution >= 4 is 17.3 Å². The lowest BCUT2D eigenvalue weighted by Gasteiger charge is -2.35. The molecule has 1 N–H and O–H groups in total. The summed E-state index contributed by atoms with van der Waals surface area (Å²) in [7, 11) is 0. The van der Waals surface area contributed by atoms with Gasteiger partial charge in [0.1, 0.15) is 11.4 Å². The van der Waals surface area contributed by atoms with E-state index in [4.69, 9.17) is 4.74 Å². The van der Waals surface area contributed by atoms with Gasteiger partial charge in [0.25, 0.3) is 5.91 Å². The van der Waals surface area contributed by atoms with Gasteiger partial charge in [-0.2, -0.15) is 0 Å². The van der Waals surface area contributed by atoms with E-state index in [1.165, 1.54) is 6.42 Å². The lowest BCUT2D eigenvalue weighted by molar-refractivity contribution is 0.0602. The molecule has 1 aliphatic rings. The number of pyridine rings is 1. The highest BCUT2D eigenvalue weighted by atomic mass is 16.5.